The van der Waals surface area contributed by atoms with Gasteiger partial charge in [0, 0.05) is 19.3 Å². The van der Waals surface area contributed by atoms with Crippen LogP contribution < -0.4 is 11.3 Å². The van der Waals surface area contributed by atoms with Gasteiger partial charge >= 0.3 is 0 Å². The first-order chi connectivity index (χ1) is 7.81. The van der Waals surface area contributed by atoms with Crippen molar-refractivity contribution in [3.63, 3.8) is 0 Å². The van der Waals surface area contributed by atoms with E-state index in [1.165, 1.54) is 11.1 Å². The molecule has 0 radical (unpaired) electrons. The highest BCUT2D eigenvalue weighted by Crippen LogP contribution is 2.27. The third-order valence-electron chi connectivity index (χ3n) is 3.36. The van der Waals surface area contributed by atoms with Crippen molar-refractivity contribution in [2.45, 2.75) is 25.8 Å². The minimum Gasteiger partial charge on any atom is -0.381 e. The van der Waals surface area contributed by atoms with E-state index in [1.807, 2.05) is 0 Å². The van der Waals surface area contributed by atoms with Gasteiger partial charge in [-0.05, 0) is 36.8 Å². The number of benzene rings is 1. The van der Waals surface area contributed by atoms with Gasteiger partial charge in [-0.3, -0.25) is 11.3 Å². The van der Waals surface area contributed by atoms with E-state index in [2.05, 4.69) is 36.6 Å². The maximum absolute atomic E-state index is 5.66. The Kier molecular flexibility index (Phi) is 3.93. The van der Waals surface area contributed by atoms with E-state index in [9.17, 15) is 0 Å². The van der Waals surface area contributed by atoms with Gasteiger partial charge in [0.1, 0.15) is 0 Å². The normalized spacial score (nSPS) is 22.2. The average molecular weight is 220 g/mol. The van der Waals surface area contributed by atoms with E-state index in [1.54, 1.807) is 0 Å². The van der Waals surface area contributed by atoms with Crippen molar-refractivity contribution in [1.29, 1.82) is 0 Å². The Morgan fingerprint density at radius 1 is 1.50 bits per heavy atom. The first kappa shape index (κ1) is 11.6. The summed E-state index contributed by atoms with van der Waals surface area (Å²) in [6.07, 6.45) is 2.21. The summed E-state index contributed by atoms with van der Waals surface area (Å²) in [6, 6.07) is 8.65. The molecule has 2 unspecified atom stereocenters. The molecule has 1 saturated heterocycles. The van der Waals surface area contributed by atoms with Gasteiger partial charge in [0.2, 0.25) is 0 Å². The molecule has 3 heteroatoms. The van der Waals surface area contributed by atoms with Crippen LogP contribution in [0.15, 0.2) is 24.3 Å². The number of hydrogen-bond acceptors (Lipinski definition) is 3. The SMILES string of the molecule is Cc1ccccc1C(CC1CCOC1)NN. The molecule has 16 heavy (non-hydrogen) atoms. The van der Waals surface area contributed by atoms with Gasteiger partial charge in [-0.25, -0.2) is 0 Å². The van der Waals surface area contributed by atoms with Crippen molar-refractivity contribution in [3.8, 4) is 0 Å². The highest BCUT2D eigenvalue weighted by Gasteiger charge is 2.21. The smallest absolute Gasteiger partial charge is 0.0495 e. The number of hydrazine groups is 1. The summed E-state index contributed by atoms with van der Waals surface area (Å²) in [5, 5.41) is 0. The van der Waals surface area contributed by atoms with E-state index in [4.69, 9.17) is 10.6 Å². The number of rotatable bonds is 4. The topological polar surface area (TPSA) is 47.3 Å². The van der Waals surface area contributed by atoms with Crippen molar-refractivity contribution in [1.82, 2.24) is 5.43 Å². The molecule has 2 rings (SSSR count). The van der Waals surface area contributed by atoms with Crippen LogP contribution in [0.5, 0.6) is 0 Å². The van der Waals surface area contributed by atoms with Crippen LogP contribution in [-0.2, 0) is 4.74 Å². The first-order valence-electron chi connectivity index (χ1n) is 5.90. The molecule has 1 aliphatic rings. The summed E-state index contributed by atoms with van der Waals surface area (Å²) in [6.45, 7) is 3.91. The lowest BCUT2D eigenvalue weighted by Gasteiger charge is -2.21. The molecule has 0 aromatic heterocycles. The third kappa shape index (κ3) is 2.61. The summed E-state index contributed by atoms with van der Waals surface area (Å²) < 4.78 is 5.40. The second-order valence-electron chi connectivity index (χ2n) is 4.54. The zero-order valence-electron chi connectivity index (χ0n) is 9.78. The van der Waals surface area contributed by atoms with Crippen molar-refractivity contribution in [2.24, 2.45) is 11.8 Å². The number of nitrogens with two attached hydrogens (primary N) is 1. The Balaban J connectivity index is 2.06. The van der Waals surface area contributed by atoms with Crippen molar-refractivity contribution < 1.29 is 4.74 Å². The van der Waals surface area contributed by atoms with Crippen molar-refractivity contribution in [2.75, 3.05) is 13.2 Å². The fraction of sp³-hybridized carbons (Fsp3) is 0.538. The highest BCUT2D eigenvalue weighted by atomic mass is 16.5. The van der Waals surface area contributed by atoms with Crippen LogP contribution in [0.1, 0.15) is 30.0 Å². The predicted molar refractivity (Wildman–Crippen MR) is 64.8 cm³/mol. The predicted octanol–water partition coefficient (Wildman–Crippen LogP) is 1.93. The molecule has 3 N–H and O–H groups in total. The Morgan fingerprint density at radius 3 is 2.94 bits per heavy atom. The van der Waals surface area contributed by atoms with Crippen LogP contribution in [0.3, 0.4) is 0 Å². The van der Waals surface area contributed by atoms with Gasteiger partial charge in [-0.1, -0.05) is 24.3 Å². The van der Waals surface area contributed by atoms with Gasteiger partial charge in [0.25, 0.3) is 0 Å². The third-order valence-corrected chi connectivity index (χ3v) is 3.36. The van der Waals surface area contributed by atoms with Crippen LogP contribution in [0.2, 0.25) is 0 Å². The van der Waals surface area contributed by atoms with Gasteiger partial charge in [0.05, 0.1) is 0 Å². The Bertz CT molecular complexity index is 334. The van der Waals surface area contributed by atoms with Crippen LogP contribution in [0.4, 0.5) is 0 Å². The molecule has 1 aliphatic heterocycles. The monoisotopic (exact) mass is 220 g/mol. The fourth-order valence-electron chi connectivity index (χ4n) is 2.37. The number of nitrogens with one attached hydrogen (secondary N) is 1. The Morgan fingerprint density at radius 2 is 2.31 bits per heavy atom. The van der Waals surface area contributed by atoms with E-state index in [0.29, 0.717) is 5.92 Å². The summed E-state index contributed by atoms with van der Waals surface area (Å²) >= 11 is 0. The van der Waals surface area contributed by atoms with Gasteiger partial charge in [-0.15, -0.1) is 0 Å². The lowest BCUT2D eigenvalue weighted by Crippen LogP contribution is -2.30. The molecule has 1 heterocycles. The number of hydrogen-bond donors (Lipinski definition) is 2. The molecule has 0 bridgehead atoms. The molecule has 0 saturated carbocycles. The summed E-state index contributed by atoms with van der Waals surface area (Å²) in [7, 11) is 0. The minimum atomic E-state index is 0.243. The van der Waals surface area contributed by atoms with E-state index in [0.717, 1.165) is 26.1 Å². The molecule has 0 spiro atoms. The molecule has 0 amide bonds. The summed E-state index contributed by atoms with van der Waals surface area (Å²) in [4.78, 5) is 0. The van der Waals surface area contributed by atoms with Crippen LogP contribution in [-0.4, -0.2) is 13.2 Å². The van der Waals surface area contributed by atoms with Crippen LogP contribution >= 0.6 is 0 Å². The molecular weight excluding hydrogens is 200 g/mol. The number of ether oxygens (including phenoxy) is 1. The van der Waals surface area contributed by atoms with Crippen LogP contribution in [0, 0.1) is 12.8 Å². The molecule has 1 aromatic carbocycles. The van der Waals surface area contributed by atoms with Gasteiger partial charge in [-0.2, -0.15) is 0 Å². The maximum atomic E-state index is 5.66. The van der Waals surface area contributed by atoms with E-state index < -0.39 is 0 Å². The molecule has 0 aliphatic carbocycles. The molecule has 2 atom stereocenters. The quantitative estimate of drug-likeness (QED) is 0.602. The lowest BCUT2D eigenvalue weighted by atomic mass is 9.92. The van der Waals surface area contributed by atoms with Gasteiger partial charge < -0.3 is 4.74 Å². The van der Waals surface area contributed by atoms with E-state index >= 15 is 0 Å². The summed E-state index contributed by atoms with van der Waals surface area (Å²) in [5.74, 6) is 6.30. The second-order valence-corrected chi connectivity index (χ2v) is 4.54. The molecule has 88 valence electrons. The first-order valence-corrected chi connectivity index (χ1v) is 5.90. The summed E-state index contributed by atoms with van der Waals surface area (Å²) in [5.41, 5.74) is 5.53. The maximum Gasteiger partial charge on any atom is 0.0495 e. The second kappa shape index (κ2) is 5.43. The minimum absolute atomic E-state index is 0.243. The van der Waals surface area contributed by atoms with Crippen molar-refractivity contribution >= 4 is 0 Å². The molecule has 1 aromatic rings. The fourth-order valence-corrected chi connectivity index (χ4v) is 2.37. The van der Waals surface area contributed by atoms with E-state index in [-0.39, 0.29) is 6.04 Å². The van der Waals surface area contributed by atoms with Crippen LogP contribution in [0.25, 0.3) is 0 Å². The Labute approximate surface area is 97.0 Å². The molecule has 1 fully saturated rings. The highest BCUT2D eigenvalue weighted by molar-refractivity contribution is 5.28. The number of aryl methyl sites for hydroxylation is 1. The molecular formula is C13H20N2O. The Hall–Kier alpha value is -0.900. The zero-order chi connectivity index (χ0) is 11.4. The largest absolute Gasteiger partial charge is 0.381 e. The average Bonchev–Trinajstić information content (AvgIpc) is 2.80. The lowest BCUT2D eigenvalue weighted by molar-refractivity contribution is 0.181. The van der Waals surface area contributed by atoms with Gasteiger partial charge in [0.15, 0.2) is 0 Å². The standard InChI is InChI=1S/C13H20N2O/c1-10-4-2-3-5-12(10)13(15-14)8-11-6-7-16-9-11/h2-5,11,13,15H,6-9,14H2,1H3. The zero-order valence-corrected chi connectivity index (χ0v) is 9.78. The van der Waals surface area contributed by atoms with Crippen molar-refractivity contribution in [3.05, 3.63) is 35.4 Å². The molecule has 3 nitrogen and oxygen atoms in total.